The summed E-state index contributed by atoms with van der Waals surface area (Å²) in [6.45, 7) is 6.63. The van der Waals surface area contributed by atoms with Gasteiger partial charge in [0.25, 0.3) is 0 Å². The van der Waals surface area contributed by atoms with E-state index in [2.05, 4.69) is 32.1 Å². The molecule has 1 saturated heterocycles. The average Bonchev–Trinajstić information content (AvgIpc) is 2.41. The molecule has 1 aromatic rings. The van der Waals surface area contributed by atoms with Gasteiger partial charge in [0.15, 0.2) is 0 Å². The Kier molecular flexibility index (Phi) is 4.93. The van der Waals surface area contributed by atoms with Crippen molar-refractivity contribution in [2.24, 2.45) is 0 Å². The second kappa shape index (κ2) is 6.68. The van der Waals surface area contributed by atoms with Crippen LogP contribution in [0, 0.1) is 0 Å². The molecule has 1 N–H and O–H groups in total. The zero-order valence-electron chi connectivity index (χ0n) is 12.1. The molecule has 6 heteroatoms. The van der Waals surface area contributed by atoms with Crippen LogP contribution in [0.5, 0.6) is 0 Å². The van der Waals surface area contributed by atoms with Crippen LogP contribution >= 0.6 is 0 Å². The minimum Gasteiger partial charge on any atom is -0.369 e. The van der Waals surface area contributed by atoms with Crippen LogP contribution in [0.2, 0.25) is 0 Å². The van der Waals surface area contributed by atoms with Gasteiger partial charge in [0.2, 0.25) is 5.95 Å². The second-order valence-corrected chi connectivity index (χ2v) is 5.21. The van der Waals surface area contributed by atoms with E-state index in [0.717, 1.165) is 51.0 Å². The van der Waals surface area contributed by atoms with E-state index in [1.54, 1.807) is 6.20 Å². The first-order chi connectivity index (χ1) is 9.15. The Hall–Kier alpha value is -1.40. The summed E-state index contributed by atoms with van der Waals surface area (Å²) in [5.41, 5.74) is 0. The number of anilines is 2. The number of nitrogens with one attached hydrogen (secondary N) is 1. The molecule has 0 radical (unpaired) electrons. The zero-order valence-corrected chi connectivity index (χ0v) is 12.1. The fraction of sp³-hybridized carbons (Fsp3) is 0.692. The predicted molar refractivity (Wildman–Crippen MR) is 78.8 cm³/mol. The zero-order chi connectivity index (χ0) is 13.7. The number of piperazine rings is 1. The number of nitrogens with zero attached hydrogens (tertiary/aromatic N) is 5. The predicted octanol–water partition coefficient (Wildman–Crippen LogP) is 0.202. The van der Waals surface area contributed by atoms with Crippen molar-refractivity contribution in [3.8, 4) is 0 Å². The van der Waals surface area contributed by atoms with E-state index >= 15 is 0 Å². The first kappa shape index (κ1) is 14.0. The van der Waals surface area contributed by atoms with Gasteiger partial charge in [0.05, 0.1) is 0 Å². The van der Waals surface area contributed by atoms with Crippen LogP contribution in [0.15, 0.2) is 12.3 Å². The molecule has 0 spiro atoms. The molecule has 1 aliphatic heterocycles. The van der Waals surface area contributed by atoms with Gasteiger partial charge >= 0.3 is 0 Å². The van der Waals surface area contributed by atoms with E-state index in [1.165, 1.54) is 0 Å². The molecule has 19 heavy (non-hydrogen) atoms. The highest BCUT2D eigenvalue weighted by Crippen LogP contribution is 2.07. The molecule has 0 amide bonds. The smallest absolute Gasteiger partial charge is 0.226 e. The summed E-state index contributed by atoms with van der Waals surface area (Å²) in [4.78, 5) is 15.4. The van der Waals surface area contributed by atoms with Crippen molar-refractivity contribution in [2.45, 2.75) is 0 Å². The van der Waals surface area contributed by atoms with Crippen LogP contribution in [-0.4, -0.2) is 80.2 Å². The van der Waals surface area contributed by atoms with Gasteiger partial charge in [0, 0.05) is 59.6 Å². The van der Waals surface area contributed by atoms with Crippen molar-refractivity contribution in [3.63, 3.8) is 0 Å². The van der Waals surface area contributed by atoms with E-state index in [9.17, 15) is 0 Å². The van der Waals surface area contributed by atoms with Gasteiger partial charge in [-0.2, -0.15) is 4.98 Å². The van der Waals surface area contributed by atoms with Gasteiger partial charge in [-0.3, -0.25) is 4.90 Å². The summed E-state index contributed by atoms with van der Waals surface area (Å²) in [6.07, 6.45) is 1.79. The molecule has 2 rings (SSSR count). The Morgan fingerprint density at radius 2 is 2.00 bits per heavy atom. The molecule has 1 fully saturated rings. The third-order valence-corrected chi connectivity index (χ3v) is 3.37. The van der Waals surface area contributed by atoms with Crippen molar-refractivity contribution in [1.82, 2.24) is 19.8 Å². The van der Waals surface area contributed by atoms with Crippen molar-refractivity contribution >= 4 is 11.8 Å². The van der Waals surface area contributed by atoms with Gasteiger partial charge in [0.1, 0.15) is 5.82 Å². The molecule has 0 saturated carbocycles. The SMILES string of the molecule is CN1CCN(CCNc2ccnc(N(C)C)n2)CC1. The van der Waals surface area contributed by atoms with Crippen LogP contribution in [0.1, 0.15) is 0 Å². The Morgan fingerprint density at radius 3 is 2.68 bits per heavy atom. The quantitative estimate of drug-likeness (QED) is 0.820. The third kappa shape index (κ3) is 4.33. The van der Waals surface area contributed by atoms with Crippen LogP contribution in [0.4, 0.5) is 11.8 Å². The monoisotopic (exact) mass is 264 g/mol. The second-order valence-electron chi connectivity index (χ2n) is 5.21. The lowest BCUT2D eigenvalue weighted by molar-refractivity contribution is 0.158. The van der Waals surface area contributed by atoms with Crippen LogP contribution in [0.25, 0.3) is 0 Å². The normalized spacial score (nSPS) is 17.4. The lowest BCUT2D eigenvalue weighted by Gasteiger charge is -2.32. The molecule has 0 atom stereocenters. The van der Waals surface area contributed by atoms with Crippen LogP contribution < -0.4 is 10.2 Å². The number of hydrogen-bond donors (Lipinski definition) is 1. The molecular formula is C13H24N6. The highest BCUT2D eigenvalue weighted by Gasteiger charge is 2.12. The first-order valence-electron chi connectivity index (χ1n) is 6.80. The molecule has 2 heterocycles. The Bertz CT molecular complexity index is 386. The van der Waals surface area contributed by atoms with E-state index in [0.29, 0.717) is 0 Å². The molecular weight excluding hydrogens is 240 g/mol. The number of likely N-dealkylation sites (N-methyl/N-ethyl adjacent to an activating group) is 1. The molecule has 0 aromatic carbocycles. The minimum atomic E-state index is 0.740. The fourth-order valence-electron chi connectivity index (χ4n) is 2.08. The van der Waals surface area contributed by atoms with Gasteiger partial charge < -0.3 is 15.1 Å². The summed E-state index contributed by atoms with van der Waals surface area (Å²) in [5, 5.41) is 3.37. The maximum absolute atomic E-state index is 4.44. The summed E-state index contributed by atoms with van der Waals surface area (Å²) < 4.78 is 0. The van der Waals surface area contributed by atoms with Crippen molar-refractivity contribution in [2.75, 3.05) is 70.6 Å². The van der Waals surface area contributed by atoms with Crippen molar-refractivity contribution < 1.29 is 0 Å². The molecule has 0 aliphatic carbocycles. The molecule has 0 unspecified atom stereocenters. The molecule has 0 bridgehead atoms. The van der Waals surface area contributed by atoms with E-state index < -0.39 is 0 Å². The molecule has 6 nitrogen and oxygen atoms in total. The Balaban J connectivity index is 1.75. The van der Waals surface area contributed by atoms with E-state index in [1.807, 2.05) is 25.1 Å². The fourth-order valence-corrected chi connectivity index (χ4v) is 2.08. The highest BCUT2D eigenvalue weighted by molar-refractivity contribution is 5.40. The summed E-state index contributed by atoms with van der Waals surface area (Å²) in [6, 6.07) is 1.91. The van der Waals surface area contributed by atoms with E-state index in [-0.39, 0.29) is 0 Å². The number of hydrogen-bond acceptors (Lipinski definition) is 6. The molecule has 1 aliphatic rings. The first-order valence-corrected chi connectivity index (χ1v) is 6.80. The van der Waals surface area contributed by atoms with Crippen molar-refractivity contribution in [1.29, 1.82) is 0 Å². The summed E-state index contributed by atoms with van der Waals surface area (Å²) in [7, 11) is 6.08. The Morgan fingerprint density at radius 1 is 1.26 bits per heavy atom. The minimum absolute atomic E-state index is 0.740. The maximum atomic E-state index is 4.44. The van der Waals surface area contributed by atoms with E-state index in [4.69, 9.17) is 0 Å². The van der Waals surface area contributed by atoms with Gasteiger partial charge in [-0.25, -0.2) is 4.98 Å². The summed E-state index contributed by atoms with van der Waals surface area (Å²) in [5.74, 6) is 1.64. The standard InChI is InChI=1S/C13H24N6/c1-17(2)13-15-5-4-12(16-13)14-6-7-19-10-8-18(3)9-11-19/h4-5H,6-11H2,1-3H3,(H,14,15,16). The Labute approximate surface area is 115 Å². The highest BCUT2D eigenvalue weighted by atomic mass is 15.3. The number of aromatic nitrogens is 2. The number of rotatable bonds is 5. The maximum Gasteiger partial charge on any atom is 0.226 e. The third-order valence-electron chi connectivity index (χ3n) is 3.37. The van der Waals surface area contributed by atoms with Crippen molar-refractivity contribution in [3.05, 3.63) is 12.3 Å². The lowest BCUT2D eigenvalue weighted by Crippen LogP contribution is -2.45. The lowest BCUT2D eigenvalue weighted by atomic mass is 10.3. The topological polar surface area (TPSA) is 47.5 Å². The molecule has 1 aromatic heterocycles. The van der Waals surface area contributed by atoms with Gasteiger partial charge in [-0.1, -0.05) is 0 Å². The molecule has 106 valence electrons. The van der Waals surface area contributed by atoms with Gasteiger partial charge in [-0.05, 0) is 13.1 Å². The average molecular weight is 264 g/mol. The summed E-state index contributed by atoms with van der Waals surface area (Å²) >= 11 is 0. The van der Waals surface area contributed by atoms with Crippen LogP contribution in [-0.2, 0) is 0 Å². The largest absolute Gasteiger partial charge is 0.369 e. The van der Waals surface area contributed by atoms with Gasteiger partial charge in [-0.15, -0.1) is 0 Å². The van der Waals surface area contributed by atoms with Crippen LogP contribution in [0.3, 0.4) is 0 Å².